The first-order valence-electron chi connectivity index (χ1n) is 9.05. The zero-order valence-electron chi connectivity index (χ0n) is 15.5. The molecule has 0 saturated heterocycles. The minimum absolute atomic E-state index is 0.0463. The van der Waals surface area contributed by atoms with Crippen LogP contribution in [0.5, 0.6) is 0 Å². The molecule has 0 fully saturated rings. The number of nitrogens with zero attached hydrogens (tertiary/aromatic N) is 3. The summed E-state index contributed by atoms with van der Waals surface area (Å²) in [5.41, 5.74) is 2.71. The molecular formula is C21H20N4O2S. The van der Waals surface area contributed by atoms with Crippen molar-refractivity contribution in [3.8, 4) is 16.5 Å². The number of carbonyl (C=O) groups excluding carboxylic acids is 1. The van der Waals surface area contributed by atoms with Gasteiger partial charge in [-0.2, -0.15) is 5.10 Å². The van der Waals surface area contributed by atoms with Crippen molar-refractivity contribution in [2.75, 3.05) is 6.54 Å². The molecular weight excluding hydrogens is 372 g/mol. The molecule has 4 rings (SSSR count). The molecule has 0 aliphatic carbocycles. The molecule has 0 spiro atoms. The number of rotatable bonds is 7. The summed E-state index contributed by atoms with van der Waals surface area (Å²) in [5.74, 6) is 1.54. The van der Waals surface area contributed by atoms with Crippen molar-refractivity contribution in [1.29, 1.82) is 0 Å². The predicted octanol–water partition coefficient (Wildman–Crippen LogP) is 3.80. The Labute approximate surface area is 166 Å². The molecule has 1 N–H and O–H groups in total. The Morgan fingerprint density at radius 1 is 1.14 bits per heavy atom. The van der Waals surface area contributed by atoms with Gasteiger partial charge >= 0.3 is 0 Å². The van der Waals surface area contributed by atoms with Crippen molar-refractivity contribution in [3.05, 3.63) is 77.3 Å². The van der Waals surface area contributed by atoms with Gasteiger partial charge in [-0.25, -0.2) is 9.67 Å². The predicted molar refractivity (Wildman–Crippen MR) is 109 cm³/mol. The first-order valence-corrected chi connectivity index (χ1v) is 9.93. The lowest BCUT2D eigenvalue weighted by atomic mass is 10.3. The first-order chi connectivity index (χ1) is 13.7. The monoisotopic (exact) mass is 392 g/mol. The summed E-state index contributed by atoms with van der Waals surface area (Å²) in [4.78, 5) is 16.7. The maximum Gasteiger partial charge on any atom is 0.226 e. The lowest BCUT2D eigenvalue weighted by Crippen LogP contribution is -2.27. The van der Waals surface area contributed by atoms with Crippen LogP contribution in [-0.2, 0) is 17.6 Å². The lowest BCUT2D eigenvalue weighted by molar-refractivity contribution is -0.120. The van der Waals surface area contributed by atoms with Gasteiger partial charge in [0, 0.05) is 24.5 Å². The third kappa shape index (κ3) is 4.37. The number of furan rings is 1. The fourth-order valence-electron chi connectivity index (χ4n) is 2.83. The van der Waals surface area contributed by atoms with Crippen LogP contribution in [0.25, 0.3) is 16.5 Å². The summed E-state index contributed by atoms with van der Waals surface area (Å²) in [5, 5.41) is 10.2. The zero-order chi connectivity index (χ0) is 19.3. The molecule has 142 valence electrons. The highest BCUT2D eigenvalue weighted by molar-refractivity contribution is 7.13. The van der Waals surface area contributed by atoms with Gasteiger partial charge in [0.2, 0.25) is 5.91 Å². The maximum absolute atomic E-state index is 12.2. The highest BCUT2D eigenvalue weighted by Crippen LogP contribution is 2.25. The lowest BCUT2D eigenvalue weighted by Gasteiger charge is -2.03. The molecule has 6 nitrogen and oxygen atoms in total. The van der Waals surface area contributed by atoms with E-state index in [1.165, 1.54) is 11.3 Å². The third-order valence-electron chi connectivity index (χ3n) is 4.21. The van der Waals surface area contributed by atoms with E-state index < -0.39 is 0 Å². The van der Waals surface area contributed by atoms with Crippen LogP contribution in [0.2, 0.25) is 0 Å². The summed E-state index contributed by atoms with van der Waals surface area (Å²) in [6, 6.07) is 15.7. The molecule has 0 unspecified atom stereocenters. The minimum atomic E-state index is -0.0463. The van der Waals surface area contributed by atoms with E-state index in [1.807, 2.05) is 71.7 Å². The van der Waals surface area contributed by atoms with Crippen molar-refractivity contribution in [3.63, 3.8) is 0 Å². The van der Waals surface area contributed by atoms with Gasteiger partial charge in [-0.3, -0.25) is 4.79 Å². The van der Waals surface area contributed by atoms with Crippen LogP contribution in [0.1, 0.15) is 17.1 Å². The fraction of sp³-hybridized carbons (Fsp3) is 0.190. The van der Waals surface area contributed by atoms with E-state index in [4.69, 9.17) is 4.42 Å². The van der Waals surface area contributed by atoms with Crippen LogP contribution >= 0.6 is 11.3 Å². The number of carbonyl (C=O) groups is 1. The molecule has 7 heteroatoms. The number of nitrogens with one attached hydrogen (secondary N) is 1. The molecule has 4 aromatic rings. The van der Waals surface area contributed by atoms with Gasteiger partial charge in [-0.15, -0.1) is 11.3 Å². The largest absolute Gasteiger partial charge is 0.459 e. The molecule has 1 aromatic carbocycles. The maximum atomic E-state index is 12.2. The number of aryl methyl sites for hydroxylation is 1. The SMILES string of the molecule is Cc1ccc(-c2nc(CC(=O)NCCc3ccn(-c4ccccc4)n3)cs2)o1. The van der Waals surface area contributed by atoms with E-state index in [0.717, 1.165) is 33.6 Å². The smallest absolute Gasteiger partial charge is 0.226 e. The standard InChI is InChI=1S/C21H20N4O2S/c1-15-7-8-19(27-15)21-23-17(14-28-21)13-20(26)22-11-9-16-10-12-25(24-16)18-5-3-2-4-6-18/h2-8,10,12,14H,9,11,13H2,1H3,(H,22,26). The summed E-state index contributed by atoms with van der Waals surface area (Å²) in [6.07, 6.45) is 2.87. The van der Waals surface area contributed by atoms with E-state index in [2.05, 4.69) is 15.4 Å². The molecule has 3 aromatic heterocycles. The number of benzene rings is 1. The molecule has 3 heterocycles. The Bertz CT molecular complexity index is 1060. The van der Waals surface area contributed by atoms with Crippen molar-refractivity contribution in [1.82, 2.24) is 20.1 Å². The minimum Gasteiger partial charge on any atom is -0.459 e. The molecule has 1 amide bonds. The molecule has 0 atom stereocenters. The molecule has 28 heavy (non-hydrogen) atoms. The number of aromatic nitrogens is 3. The zero-order valence-corrected chi connectivity index (χ0v) is 16.3. The summed E-state index contributed by atoms with van der Waals surface area (Å²) in [7, 11) is 0. The van der Waals surface area contributed by atoms with Gasteiger partial charge in [0.1, 0.15) is 5.76 Å². The Morgan fingerprint density at radius 3 is 2.79 bits per heavy atom. The Hall–Kier alpha value is -3.19. The first kappa shape index (κ1) is 18.2. The van der Waals surface area contributed by atoms with Crippen molar-refractivity contribution >= 4 is 17.2 Å². The molecule has 0 aliphatic rings. The van der Waals surface area contributed by atoms with Gasteiger partial charge in [0.05, 0.1) is 23.5 Å². The van der Waals surface area contributed by atoms with E-state index in [9.17, 15) is 4.79 Å². The van der Waals surface area contributed by atoms with E-state index in [1.54, 1.807) is 0 Å². The molecule has 0 aliphatic heterocycles. The second kappa shape index (κ2) is 8.22. The van der Waals surface area contributed by atoms with E-state index in [0.29, 0.717) is 13.0 Å². The van der Waals surface area contributed by atoms with Gasteiger partial charge in [-0.1, -0.05) is 18.2 Å². The normalized spacial score (nSPS) is 10.9. The van der Waals surface area contributed by atoms with E-state index >= 15 is 0 Å². The number of thiazole rings is 1. The topological polar surface area (TPSA) is 73.0 Å². The van der Waals surface area contributed by atoms with Gasteiger partial charge in [0.15, 0.2) is 10.8 Å². The number of hydrogen-bond acceptors (Lipinski definition) is 5. The van der Waals surface area contributed by atoms with Crippen LogP contribution < -0.4 is 5.32 Å². The van der Waals surface area contributed by atoms with E-state index in [-0.39, 0.29) is 12.3 Å². The van der Waals surface area contributed by atoms with Crippen molar-refractivity contribution in [2.45, 2.75) is 19.8 Å². The average Bonchev–Trinajstić information content (AvgIpc) is 3.44. The highest BCUT2D eigenvalue weighted by atomic mass is 32.1. The number of para-hydroxylation sites is 1. The van der Waals surface area contributed by atoms with Crippen molar-refractivity contribution in [2.24, 2.45) is 0 Å². The fourth-order valence-corrected chi connectivity index (χ4v) is 3.61. The second-order valence-electron chi connectivity index (χ2n) is 6.42. The highest BCUT2D eigenvalue weighted by Gasteiger charge is 2.11. The third-order valence-corrected chi connectivity index (χ3v) is 5.12. The Morgan fingerprint density at radius 2 is 2.00 bits per heavy atom. The summed E-state index contributed by atoms with van der Waals surface area (Å²) < 4.78 is 7.41. The Kier molecular flexibility index (Phi) is 5.34. The number of amides is 1. The van der Waals surface area contributed by atoms with Crippen LogP contribution in [0, 0.1) is 6.92 Å². The van der Waals surface area contributed by atoms with Gasteiger partial charge in [-0.05, 0) is 37.3 Å². The van der Waals surface area contributed by atoms with Crippen LogP contribution in [0.15, 0.2) is 64.5 Å². The Balaban J connectivity index is 1.26. The van der Waals surface area contributed by atoms with Crippen molar-refractivity contribution < 1.29 is 9.21 Å². The van der Waals surface area contributed by atoms with Crippen LogP contribution in [0.3, 0.4) is 0 Å². The van der Waals surface area contributed by atoms with Crippen LogP contribution in [0.4, 0.5) is 0 Å². The average molecular weight is 392 g/mol. The number of hydrogen-bond donors (Lipinski definition) is 1. The summed E-state index contributed by atoms with van der Waals surface area (Å²) in [6.45, 7) is 2.44. The molecule has 0 bridgehead atoms. The summed E-state index contributed by atoms with van der Waals surface area (Å²) >= 11 is 1.48. The molecule has 0 saturated carbocycles. The van der Waals surface area contributed by atoms with Crippen LogP contribution in [-0.4, -0.2) is 27.2 Å². The quantitative estimate of drug-likeness (QED) is 0.519. The van der Waals surface area contributed by atoms with Gasteiger partial charge in [0.25, 0.3) is 0 Å². The van der Waals surface area contributed by atoms with Gasteiger partial charge < -0.3 is 9.73 Å². The molecule has 0 radical (unpaired) electrons. The second-order valence-corrected chi connectivity index (χ2v) is 7.28.